The summed E-state index contributed by atoms with van der Waals surface area (Å²) >= 11 is 0. The van der Waals surface area contributed by atoms with Gasteiger partial charge in [0.15, 0.2) is 0 Å². The summed E-state index contributed by atoms with van der Waals surface area (Å²) in [4.78, 5) is 5.24. The van der Waals surface area contributed by atoms with Crippen LogP contribution < -0.4 is 4.74 Å². The number of benzene rings is 3. The van der Waals surface area contributed by atoms with E-state index in [1.54, 1.807) is 12.1 Å². The van der Waals surface area contributed by atoms with Crippen molar-refractivity contribution in [1.29, 1.82) is 0 Å². The quantitative estimate of drug-likeness (QED) is 0.190. The number of ether oxygens (including phenoxy) is 1. The fourth-order valence-corrected chi connectivity index (χ4v) is 4.74. The molecule has 0 aliphatic carbocycles. The molecule has 170 valence electrons. The molecule has 1 aliphatic heterocycles. The number of aliphatic hydroxyl groups is 1. The second-order valence-electron chi connectivity index (χ2n) is 8.50. The summed E-state index contributed by atoms with van der Waals surface area (Å²) in [6, 6.07) is 27.3. The van der Waals surface area contributed by atoms with Crippen LogP contribution in [0.15, 0.2) is 90.0 Å². The summed E-state index contributed by atoms with van der Waals surface area (Å²) < 4.78 is 5.82. The van der Waals surface area contributed by atoms with Crippen LogP contribution in [0.2, 0.25) is 0 Å². The Labute approximate surface area is 195 Å². The van der Waals surface area contributed by atoms with Crippen molar-refractivity contribution in [3.63, 3.8) is 0 Å². The molecule has 0 saturated carbocycles. The number of hydrogen-bond acceptors (Lipinski definition) is 4. The zero-order chi connectivity index (χ0) is 22.9. The second-order valence-corrected chi connectivity index (χ2v) is 8.50. The van der Waals surface area contributed by atoms with E-state index in [1.807, 2.05) is 72.8 Å². The lowest BCUT2D eigenvalue weighted by molar-refractivity contribution is -0.0146. The molecule has 33 heavy (non-hydrogen) atoms. The van der Waals surface area contributed by atoms with Gasteiger partial charge in [-0.1, -0.05) is 65.8 Å². The van der Waals surface area contributed by atoms with Gasteiger partial charge in [0.05, 0.1) is 6.61 Å². The summed E-state index contributed by atoms with van der Waals surface area (Å²) in [5.41, 5.74) is 10.0. The van der Waals surface area contributed by atoms with Gasteiger partial charge >= 0.3 is 0 Å². The maximum Gasteiger partial charge on any atom is 0.119 e. The van der Waals surface area contributed by atoms with Crippen molar-refractivity contribution in [2.45, 2.75) is 24.9 Å². The Kier molecular flexibility index (Phi) is 7.63. The van der Waals surface area contributed by atoms with Gasteiger partial charge in [0, 0.05) is 17.1 Å². The fraction of sp³-hybridized carbons (Fsp3) is 0.333. The predicted octanol–water partition coefficient (Wildman–Crippen LogP) is 6.05. The molecule has 0 radical (unpaired) electrons. The molecule has 1 N–H and O–H groups in total. The zero-order valence-electron chi connectivity index (χ0n) is 18.8. The molecule has 6 heteroatoms. The molecule has 6 nitrogen and oxygen atoms in total. The van der Waals surface area contributed by atoms with Gasteiger partial charge in [-0.3, -0.25) is 0 Å². The second kappa shape index (κ2) is 11.0. The van der Waals surface area contributed by atoms with Crippen LogP contribution in [0.4, 0.5) is 5.69 Å². The minimum absolute atomic E-state index is 0.171. The lowest BCUT2D eigenvalue weighted by Gasteiger charge is -2.42. The van der Waals surface area contributed by atoms with Gasteiger partial charge in [0.2, 0.25) is 0 Å². The molecule has 1 aliphatic rings. The lowest BCUT2D eigenvalue weighted by Crippen LogP contribution is -2.44. The SMILES string of the molecule is [N-]=[N+]=Nc1ccc(OCCCN2CCC(C(O)(c3ccccc3)c3ccccc3)CC2)cc1. The van der Waals surface area contributed by atoms with Gasteiger partial charge in [-0.2, -0.15) is 0 Å². The van der Waals surface area contributed by atoms with E-state index in [0.717, 1.165) is 55.8 Å². The highest BCUT2D eigenvalue weighted by atomic mass is 16.5. The standard InChI is InChI=1S/C27H30N4O2/c28-30-29-25-12-14-26(15-13-25)33-21-7-18-31-19-16-24(17-20-31)27(32,22-8-3-1-4-9-22)23-10-5-2-6-11-23/h1-6,8-15,24,32H,7,16-21H2. The third kappa shape index (κ3) is 5.55. The Bertz CT molecular complexity index is 1000. The molecular weight excluding hydrogens is 412 g/mol. The Morgan fingerprint density at radius 2 is 1.48 bits per heavy atom. The van der Waals surface area contributed by atoms with E-state index < -0.39 is 5.60 Å². The fourth-order valence-electron chi connectivity index (χ4n) is 4.74. The zero-order valence-corrected chi connectivity index (χ0v) is 18.8. The van der Waals surface area contributed by atoms with E-state index in [-0.39, 0.29) is 5.92 Å². The van der Waals surface area contributed by atoms with Crippen LogP contribution >= 0.6 is 0 Å². The lowest BCUT2D eigenvalue weighted by atomic mass is 9.72. The molecule has 0 amide bonds. The first-order chi connectivity index (χ1) is 16.2. The summed E-state index contributed by atoms with van der Waals surface area (Å²) in [5.74, 6) is 0.950. The van der Waals surface area contributed by atoms with E-state index in [0.29, 0.717) is 12.3 Å². The molecule has 1 saturated heterocycles. The summed E-state index contributed by atoms with van der Waals surface area (Å²) in [6.45, 7) is 3.54. The van der Waals surface area contributed by atoms with Crippen molar-refractivity contribution in [3.8, 4) is 5.75 Å². The van der Waals surface area contributed by atoms with Crippen molar-refractivity contribution in [3.05, 3.63) is 106 Å². The Morgan fingerprint density at radius 3 is 2.03 bits per heavy atom. The van der Waals surface area contributed by atoms with E-state index in [4.69, 9.17) is 10.3 Å². The Balaban J connectivity index is 1.30. The van der Waals surface area contributed by atoms with Crippen molar-refractivity contribution >= 4 is 5.69 Å². The van der Waals surface area contributed by atoms with Crippen molar-refractivity contribution in [2.24, 2.45) is 11.0 Å². The van der Waals surface area contributed by atoms with Gasteiger partial charge in [-0.15, -0.1) is 0 Å². The monoisotopic (exact) mass is 442 g/mol. The third-order valence-corrected chi connectivity index (χ3v) is 6.49. The van der Waals surface area contributed by atoms with Crippen LogP contribution in [0.1, 0.15) is 30.4 Å². The average Bonchev–Trinajstić information content (AvgIpc) is 2.89. The maximum atomic E-state index is 12.0. The molecule has 4 rings (SSSR count). The van der Waals surface area contributed by atoms with E-state index in [2.05, 4.69) is 14.9 Å². The molecule has 0 aromatic heterocycles. The largest absolute Gasteiger partial charge is 0.494 e. The summed E-state index contributed by atoms with van der Waals surface area (Å²) in [6.07, 6.45) is 2.83. The minimum atomic E-state index is -0.973. The van der Waals surface area contributed by atoms with E-state index in [1.165, 1.54) is 0 Å². The minimum Gasteiger partial charge on any atom is -0.494 e. The van der Waals surface area contributed by atoms with Crippen LogP contribution in [0.3, 0.4) is 0 Å². The molecular formula is C27H30N4O2. The summed E-state index contributed by atoms with van der Waals surface area (Å²) in [5, 5.41) is 15.6. The Morgan fingerprint density at radius 1 is 0.909 bits per heavy atom. The normalized spacial score (nSPS) is 15.1. The number of rotatable bonds is 9. The first kappa shape index (κ1) is 22.9. The van der Waals surface area contributed by atoms with Gasteiger partial charge in [-0.25, -0.2) is 0 Å². The van der Waals surface area contributed by atoms with Crippen molar-refractivity contribution in [1.82, 2.24) is 4.90 Å². The molecule has 0 unspecified atom stereocenters. The molecule has 0 spiro atoms. The number of azide groups is 1. The van der Waals surface area contributed by atoms with Crippen molar-refractivity contribution < 1.29 is 9.84 Å². The van der Waals surface area contributed by atoms with Gasteiger partial charge in [-0.05, 0) is 79.2 Å². The number of likely N-dealkylation sites (tertiary alicyclic amines) is 1. The highest BCUT2D eigenvalue weighted by Gasteiger charge is 2.41. The van der Waals surface area contributed by atoms with E-state index in [9.17, 15) is 5.11 Å². The maximum absolute atomic E-state index is 12.0. The third-order valence-electron chi connectivity index (χ3n) is 6.49. The van der Waals surface area contributed by atoms with Crippen LogP contribution in [0, 0.1) is 5.92 Å². The number of hydrogen-bond donors (Lipinski definition) is 1. The van der Waals surface area contributed by atoms with Gasteiger partial charge in [0.25, 0.3) is 0 Å². The van der Waals surface area contributed by atoms with Crippen LogP contribution in [0.25, 0.3) is 10.4 Å². The number of piperidine rings is 1. The highest BCUT2D eigenvalue weighted by molar-refractivity contribution is 5.41. The first-order valence-corrected chi connectivity index (χ1v) is 11.5. The Hall–Kier alpha value is -3.31. The summed E-state index contributed by atoms with van der Waals surface area (Å²) in [7, 11) is 0. The van der Waals surface area contributed by atoms with Gasteiger partial charge < -0.3 is 14.7 Å². The molecule has 1 fully saturated rings. The molecule has 3 aromatic rings. The highest BCUT2D eigenvalue weighted by Crippen LogP contribution is 2.41. The molecule has 1 heterocycles. The average molecular weight is 443 g/mol. The molecule has 3 aromatic carbocycles. The first-order valence-electron chi connectivity index (χ1n) is 11.5. The predicted molar refractivity (Wildman–Crippen MR) is 130 cm³/mol. The van der Waals surface area contributed by atoms with Crippen molar-refractivity contribution in [2.75, 3.05) is 26.2 Å². The number of nitrogens with zero attached hydrogens (tertiary/aromatic N) is 4. The van der Waals surface area contributed by atoms with Crippen LogP contribution in [-0.4, -0.2) is 36.2 Å². The topological polar surface area (TPSA) is 81.5 Å². The van der Waals surface area contributed by atoms with Gasteiger partial charge in [0.1, 0.15) is 11.4 Å². The smallest absolute Gasteiger partial charge is 0.119 e. The van der Waals surface area contributed by atoms with Crippen LogP contribution in [0.5, 0.6) is 5.75 Å². The van der Waals surface area contributed by atoms with E-state index >= 15 is 0 Å². The molecule has 0 atom stereocenters. The van der Waals surface area contributed by atoms with Crippen LogP contribution in [-0.2, 0) is 5.60 Å². The molecule has 0 bridgehead atoms.